The third kappa shape index (κ3) is 2.81. The molecule has 94 valence electrons. The monoisotopic (exact) mass is 232 g/mol. The number of nitrogens with zero attached hydrogens (tertiary/aromatic N) is 1. The van der Waals surface area contributed by atoms with Gasteiger partial charge in [0.05, 0.1) is 0 Å². The Kier molecular flexibility index (Phi) is 3.43. The average Bonchev–Trinajstić information content (AvgIpc) is 2.27. The van der Waals surface area contributed by atoms with E-state index in [9.17, 15) is 0 Å². The topological polar surface area (TPSA) is 15.3 Å². The number of benzene rings is 1. The summed E-state index contributed by atoms with van der Waals surface area (Å²) in [5, 5.41) is 3.58. The summed E-state index contributed by atoms with van der Waals surface area (Å²) in [5.74, 6) is 0. The first kappa shape index (κ1) is 12.4. The van der Waals surface area contributed by atoms with Crippen molar-refractivity contribution in [1.82, 2.24) is 5.32 Å². The predicted molar refractivity (Wildman–Crippen MR) is 74.7 cm³/mol. The lowest BCUT2D eigenvalue weighted by molar-refractivity contribution is 0.271. The fourth-order valence-corrected chi connectivity index (χ4v) is 2.83. The van der Waals surface area contributed by atoms with E-state index in [1.807, 2.05) is 0 Å². The largest absolute Gasteiger partial charge is 0.371 e. The zero-order valence-electron chi connectivity index (χ0n) is 11.5. The molecular weight excluding hydrogens is 208 g/mol. The van der Waals surface area contributed by atoms with Gasteiger partial charge in [0, 0.05) is 24.3 Å². The molecule has 0 aromatic heterocycles. The van der Waals surface area contributed by atoms with Crippen molar-refractivity contribution < 1.29 is 0 Å². The standard InChI is InChI=1S/C15H24N2/c1-12-7-5-6-8-14(12)17(4)13-9-10-16-15(2,3)11-13/h5-8,13,16H,9-11H2,1-4H3. The van der Waals surface area contributed by atoms with Gasteiger partial charge in [-0.05, 0) is 51.8 Å². The van der Waals surface area contributed by atoms with Crippen molar-refractivity contribution >= 4 is 5.69 Å². The van der Waals surface area contributed by atoms with E-state index in [0.29, 0.717) is 6.04 Å². The molecule has 1 aromatic rings. The Morgan fingerprint density at radius 2 is 2.00 bits per heavy atom. The van der Waals surface area contributed by atoms with Crippen molar-refractivity contribution in [3.63, 3.8) is 0 Å². The van der Waals surface area contributed by atoms with Gasteiger partial charge in [-0.1, -0.05) is 18.2 Å². The Morgan fingerprint density at radius 1 is 1.29 bits per heavy atom. The van der Waals surface area contributed by atoms with Gasteiger partial charge >= 0.3 is 0 Å². The second-order valence-corrected chi connectivity index (χ2v) is 5.85. The summed E-state index contributed by atoms with van der Waals surface area (Å²) < 4.78 is 0. The minimum Gasteiger partial charge on any atom is -0.371 e. The van der Waals surface area contributed by atoms with Crippen LogP contribution >= 0.6 is 0 Å². The molecule has 1 aromatic carbocycles. The van der Waals surface area contributed by atoms with Gasteiger partial charge in [0.15, 0.2) is 0 Å². The van der Waals surface area contributed by atoms with Gasteiger partial charge in [0.2, 0.25) is 0 Å². The molecule has 2 rings (SSSR count). The Morgan fingerprint density at radius 3 is 2.65 bits per heavy atom. The number of anilines is 1. The van der Waals surface area contributed by atoms with Gasteiger partial charge in [-0.2, -0.15) is 0 Å². The van der Waals surface area contributed by atoms with Gasteiger partial charge in [0.1, 0.15) is 0 Å². The van der Waals surface area contributed by atoms with Crippen LogP contribution in [0.3, 0.4) is 0 Å². The van der Waals surface area contributed by atoms with E-state index in [1.165, 1.54) is 24.1 Å². The smallest absolute Gasteiger partial charge is 0.0395 e. The first-order valence-electron chi connectivity index (χ1n) is 6.53. The quantitative estimate of drug-likeness (QED) is 0.843. The molecule has 0 bridgehead atoms. The lowest BCUT2D eigenvalue weighted by atomic mass is 9.88. The van der Waals surface area contributed by atoms with Crippen molar-refractivity contribution in [3.8, 4) is 0 Å². The van der Waals surface area contributed by atoms with Crippen molar-refractivity contribution in [3.05, 3.63) is 29.8 Å². The van der Waals surface area contributed by atoms with Crippen molar-refractivity contribution in [1.29, 1.82) is 0 Å². The molecule has 0 aliphatic carbocycles. The van der Waals surface area contributed by atoms with Crippen molar-refractivity contribution in [2.24, 2.45) is 0 Å². The summed E-state index contributed by atoms with van der Waals surface area (Å²) >= 11 is 0. The maximum atomic E-state index is 3.58. The maximum Gasteiger partial charge on any atom is 0.0395 e. The fraction of sp³-hybridized carbons (Fsp3) is 0.600. The molecule has 1 unspecified atom stereocenters. The number of hydrogen-bond acceptors (Lipinski definition) is 2. The summed E-state index contributed by atoms with van der Waals surface area (Å²) in [7, 11) is 2.23. The highest BCUT2D eigenvalue weighted by atomic mass is 15.2. The molecule has 0 saturated carbocycles. The summed E-state index contributed by atoms with van der Waals surface area (Å²) in [6.45, 7) is 7.90. The summed E-state index contributed by atoms with van der Waals surface area (Å²) in [6, 6.07) is 9.30. The first-order valence-corrected chi connectivity index (χ1v) is 6.53. The lowest BCUT2D eigenvalue weighted by Gasteiger charge is -2.42. The van der Waals surface area contributed by atoms with Crippen LogP contribution in [0.4, 0.5) is 5.69 Å². The molecule has 0 spiro atoms. The van der Waals surface area contributed by atoms with Crippen LogP contribution < -0.4 is 10.2 Å². The highest BCUT2D eigenvalue weighted by molar-refractivity contribution is 5.53. The maximum absolute atomic E-state index is 3.58. The number of rotatable bonds is 2. The summed E-state index contributed by atoms with van der Waals surface area (Å²) in [5.41, 5.74) is 3.00. The number of piperidine rings is 1. The molecule has 2 nitrogen and oxygen atoms in total. The zero-order chi connectivity index (χ0) is 12.5. The molecule has 0 amide bonds. The second kappa shape index (κ2) is 4.69. The highest BCUT2D eigenvalue weighted by Crippen LogP contribution is 2.27. The third-order valence-electron chi connectivity index (χ3n) is 3.87. The van der Waals surface area contributed by atoms with E-state index in [0.717, 1.165) is 6.54 Å². The number of para-hydroxylation sites is 1. The van der Waals surface area contributed by atoms with Gasteiger partial charge in [0.25, 0.3) is 0 Å². The Bertz CT molecular complexity index is 384. The van der Waals surface area contributed by atoms with Crippen LogP contribution in [0.5, 0.6) is 0 Å². The molecule has 0 radical (unpaired) electrons. The third-order valence-corrected chi connectivity index (χ3v) is 3.87. The molecule has 1 aliphatic rings. The molecule has 1 heterocycles. The van der Waals surface area contributed by atoms with Gasteiger partial charge in [-0.25, -0.2) is 0 Å². The fourth-order valence-electron chi connectivity index (χ4n) is 2.83. The van der Waals surface area contributed by atoms with Crippen LogP contribution in [0.25, 0.3) is 0 Å². The van der Waals surface area contributed by atoms with E-state index in [2.05, 4.69) is 62.3 Å². The first-order chi connectivity index (χ1) is 7.99. The minimum atomic E-state index is 0.264. The van der Waals surface area contributed by atoms with Crippen LogP contribution in [0.15, 0.2) is 24.3 Å². The van der Waals surface area contributed by atoms with E-state index in [-0.39, 0.29) is 5.54 Å². The van der Waals surface area contributed by atoms with Crippen LogP contribution in [0.1, 0.15) is 32.3 Å². The number of aryl methyl sites for hydroxylation is 1. The van der Waals surface area contributed by atoms with E-state index < -0.39 is 0 Å². The van der Waals surface area contributed by atoms with E-state index >= 15 is 0 Å². The Balaban J connectivity index is 2.15. The Hall–Kier alpha value is -1.02. The lowest BCUT2D eigenvalue weighted by Crippen LogP contribution is -2.52. The SMILES string of the molecule is Cc1ccccc1N(C)C1CCNC(C)(C)C1. The Labute approximate surface area is 105 Å². The molecule has 2 heteroatoms. The predicted octanol–water partition coefficient (Wildman–Crippen LogP) is 2.96. The van der Waals surface area contributed by atoms with Crippen molar-refractivity contribution in [2.45, 2.75) is 45.2 Å². The van der Waals surface area contributed by atoms with Crippen LogP contribution in [-0.2, 0) is 0 Å². The minimum absolute atomic E-state index is 0.264. The number of nitrogens with one attached hydrogen (secondary N) is 1. The van der Waals surface area contributed by atoms with E-state index in [1.54, 1.807) is 0 Å². The normalized spacial score (nSPS) is 23.4. The molecule has 1 N–H and O–H groups in total. The van der Waals surface area contributed by atoms with Crippen LogP contribution in [0.2, 0.25) is 0 Å². The average molecular weight is 232 g/mol. The van der Waals surface area contributed by atoms with Gasteiger partial charge in [-0.3, -0.25) is 0 Å². The summed E-state index contributed by atoms with van der Waals surface area (Å²) in [6.07, 6.45) is 2.44. The molecule has 1 saturated heterocycles. The van der Waals surface area contributed by atoms with Crippen LogP contribution in [-0.4, -0.2) is 25.2 Å². The van der Waals surface area contributed by atoms with Crippen LogP contribution in [0, 0.1) is 6.92 Å². The summed E-state index contributed by atoms with van der Waals surface area (Å²) in [4.78, 5) is 2.46. The van der Waals surface area contributed by atoms with Gasteiger partial charge < -0.3 is 10.2 Å². The van der Waals surface area contributed by atoms with E-state index in [4.69, 9.17) is 0 Å². The van der Waals surface area contributed by atoms with Crippen molar-refractivity contribution in [2.75, 3.05) is 18.5 Å². The second-order valence-electron chi connectivity index (χ2n) is 5.85. The molecule has 1 aliphatic heterocycles. The molecule has 1 fully saturated rings. The molecular formula is C15H24N2. The van der Waals surface area contributed by atoms with Gasteiger partial charge in [-0.15, -0.1) is 0 Å². The number of hydrogen-bond donors (Lipinski definition) is 1. The zero-order valence-corrected chi connectivity index (χ0v) is 11.5. The molecule has 1 atom stereocenters. The molecule has 17 heavy (non-hydrogen) atoms. The highest BCUT2D eigenvalue weighted by Gasteiger charge is 2.29.